The van der Waals surface area contributed by atoms with E-state index < -0.39 is 0 Å². The third-order valence-corrected chi connectivity index (χ3v) is 4.24. The molecule has 1 saturated heterocycles. The van der Waals surface area contributed by atoms with Crippen molar-refractivity contribution < 1.29 is 0 Å². The first-order chi connectivity index (χ1) is 8.56. The second-order valence-corrected chi connectivity index (χ2v) is 6.22. The van der Waals surface area contributed by atoms with Crippen LogP contribution in [0.4, 0.5) is 0 Å². The fraction of sp³-hybridized carbons (Fsp3) is 1.00. The van der Waals surface area contributed by atoms with Gasteiger partial charge in [-0.05, 0) is 65.8 Å². The van der Waals surface area contributed by atoms with Crippen molar-refractivity contribution in [2.45, 2.75) is 52.1 Å². The van der Waals surface area contributed by atoms with Gasteiger partial charge in [-0.3, -0.25) is 4.90 Å². The van der Waals surface area contributed by atoms with E-state index in [2.05, 4.69) is 50.0 Å². The van der Waals surface area contributed by atoms with Crippen molar-refractivity contribution in [2.75, 3.05) is 40.3 Å². The van der Waals surface area contributed by atoms with Crippen LogP contribution in [-0.2, 0) is 0 Å². The van der Waals surface area contributed by atoms with Gasteiger partial charge in [-0.1, -0.05) is 13.8 Å². The second-order valence-electron chi connectivity index (χ2n) is 6.22. The molecule has 1 heterocycles. The fourth-order valence-electron chi connectivity index (χ4n) is 3.02. The van der Waals surface area contributed by atoms with Gasteiger partial charge in [0.15, 0.2) is 0 Å². The van der Waals surface area contributed by atoms with Gasteiger partial charge in [0.05, 0.1) is 0 Å². The Morgan fingerprint density at radius 2 is 2.06 bits per heavy atom. The van der Waals surface area contributed by atoms with E-state index in [4.69, 9.17) is 0 Å². The zero-order valence-electron chi connectivity index (χ0n) is 13.1. The van der Waals surface area contributed by atoms with Gasteiger partial charge in [-0.2, -0.15) is 0 Å². The molecule has 0 aliphatic carbocycles. The van der Waals surface area contributed by atoms with Crippen LogP contribution in [0.1, 0.15) is 40.0 Å². The highest BCUT2D eigenvalue weighted by Gasteiger charge is 2.30. The summed E-state index contributed by atoms with van der Waals surface area (Å²) in [7, 11) is 4.38. The fourth-order valence-corrected chi connectivity index (χ4v) is 3.02. The Balaban J connectivity index is 2.40. The molecule has 0 bridgehead atoms. The van der Waals surface area contributed by atoms with Crippen molar-refractivity contribution in [3.05, 3.63) is 0 Å². The first-order valence-corrected chi connectivity index (χ1v) is 7.67. The van der Waals surface area contributed by atoms with E-state index in [1.54, 1.807) is 0 Å². The van der Waals surface area contributed by atoms with Crippen LogP contribution in [0.3, 0.4) is 0 Å². The van der Waals surface area contributed by atoms with E-state index in [1.165, 1.54) is 32.4 Å². The molecule has 1 aliphatic rings. The number of hydrogen-bond donors (Lipinski definition) is 1. The van der Waals surface area contributed by atoms with Crippen LogP contribution < -0.4 is 5.32 Å². The highest BCUT2D eigenvalue weighted by Crippen LogP contribution is 2.23. The number of likely N-dealkylation sites (tertiary alicyclic amines) is 1. The van der Waals surface area contributed by atoms with E-state index in [0.717, 1.165) is 25.0 Å². The summed E-state index contributed by atoms with van der Waals surface area (Å²) in [6.07, 6.45) is 3.98. The smallest absolute Gasteiger partial charge is 0.0226 e. The van der Waals surface area contributed by atoms with Gasteiger partial charge >= 0.3 is 0 Å². The van der Waals surface area contributed by atoms with Crippen LogP contribution in [0.5, 0.6) is 0 Å². The minimum atomic E-state index is 0.696. The Morgan fingerprint density at radius 3 is 2.67 bits per heavy atom. The van der Waals surface area contributed by atoms with Crippen LogP contribution in [0.25, 0.3) is 0 Å². The summed E-state index contributed by atoms with van der Waals surface area (Å²) in [4.78, 5) is 5.06. The highest BCUT2D eigenvalue weighted by molar-refractivity contribution is 4.86. The zero-order valence-corrected chi connectivity index (χ0v) is 13.1. The van der Waals surface area contributed by atoms with Gasteiger partial charge < -0.3 is 10.2 Å². The molecule has 1 fully saturated rings. The Morgan fingerprint density at radius 1 is 1.33 bits per heavy atom. The number of nitrogens with zero attached hydrogens (tertiary/aromatic N) is 2. The zero-order chi connectivity index (χ0) is 13.5. The average molecular weight is 255 g/mol. The molecule has 1 rings (SSSR count). The predicted octanol–water partition coefficient (Wildman–Crippen LogP) is 2.04. The summed E-state index contributed by atoms with van der Waals surface area (Å²) in [5, 5.41) is 3.56. The lowest BCUT2D eigenvalue weighted by Crippen LogP contribution is -2.47. The molecule has 0 aromatic rings. The molecule has 3 heteroatoms. The standard InChI is InChI=1S/C15H33N3/c1-6-9-16-11-13(2)14(3)18-10-7-8-15(18)12-17(4)5/h13-16H,6-12H2,1-5H3. The van der Waals surface area contributed by atoms with E-state index in [9.17, 15) is 0 Å². The maximum absolute atomic E-state index is 3.56. The average Bonchev–Trinajstić information content (AvgIpc) is 2.75. The molecule has 18 heavy (non-hydrogen) atoms. The van der Waals surface area contributed by atoms with Crippen molar-refractivity contribution in [1.29, 1.82) is 0 Å². The molecule has 0 saturated carbocycles. The maximum atomic E-state index is 3.56. The van der Waals surface area contributed by atoms with E-state index in [0.29, 0.717) is 6.04 Å². The lowest BCUT2D eigenvalue weighted by Gasteiger charge is -2.35. The van der Waals surface area contributed by atoms with E-state index in [-0.39, 0.29) is 0 Å². The van der Waals surface area contributed by atoms with Crippen molar-refractivity contribution >= 4 is 0 Å². The van der Waals surface area contributed by atoms with Gasteiger partial charge in [0.2, 0.25) is 0 Å². The van der Waals surface area contributed by atoms with Gasteiger partial charge in [0, 0.05) is 18.6 Å². The van der Waals surface area contributed by atoms with Crippen molar-refractivity contribution in [2.24, 2.45) is 5.92 Å². The number of hydrogen-bond acceptors (Lipinski definition) is 3. The Kier molecular flexibility index (Phi) is 7.20. The molecule has 3 unspecified atom stereocenters. The first kappa shape index (κ1) is 15.9. The molecule has 0 aromatic heterocycles. The van der Waals surface area contributed by atoms with Gasteiger partial charge in [0.25, 0.3) is 0 Å². The SMILES string of the molecule is CCCNCC(C)C(C)N1CCCC1CN(C)C. The van der Waals surface area contributed by atoms with Crippen LogP contribution in [0.2, 0.25) is 0 Å². The molecule has 108 valence electrons. The monoisotopic (exact) mass is 255 g/mol. The van der Waals surface area contributed by atoms with Crippen LogP contribution in [-0.4, -0.2) is 62.2 Å². The van der Waals surface area contributed by atoms with Crippen molar-refractivity contribution in [1.82, 2.24) is 15.1 Å². The molecular weight excluding hydrogens is 222 g/mol. The van der Waals surface area contributed by atoms with Crippen LogP contribution in [0.15, 0.2) is 0 Å². The van der Waals surface area contributed by atoms with Crippen molar-refractivity contribution in [3.8, 4) is 0 Å². The molecule has 3 atom stereocenters. The molecule has 0 radical (unpaired) electrons. The van der Waals surface area contributed by atoms with Crippen molar-refractivity contribution in [3.63, 3.8) is 0 Å². The Labute approximate surface area is 114 Å². The molecule has 3 nitrogen and oxygen atoms in total. The lowest BCUT2D eigenvalue weighted by atomic mass is 10.0. The van der Waals surface area contributed by atoms with Crippen LogP contribution in [0, 0.1) is 5.92 Å². The highest BCUT2D eigenvalue weighted by atomic mass is 15.2. The van der Waals surface area contributed by atoms with Crippen LogP contribution >= 0.6 is 0 Å². The van der Waals surface area contributed by atoms with Gasteiger partial charge in [-0.15, -0.1) is 0 Å². The number of nitrogens with one attached hydrogen (secondary N) is 1. The molecule has 0 amide bonds. The maximum Gasteiger partial charge on any atom is 0.0226 e. The third-order valence-electron chi connectivity index (χ3n) is 4.24. The summed E-state index contributed by atoms with van der Waals surface area (Å²) in [6, 6.07) is 1.46. The Hall–Kier alpha value is -0.120. The van der Waals surface area contributed by atoms with E-state index in [1.807, 2.05) is 0 Å². The van der Waals surface area contributed by atoms with Gasteiger partial charge in [0.1, 0.15) is 0 Å². The minimum absolute atomic E-state index is 0.696. The largest absolute Gasteiger partial charge is 0.316 e. The summed E-state index contributed by atoms with van der Waals surface area (Å²) < 4.78 is 0. The number of likely N-dealkylation sites (N-methyl/N-ethyl adjacent to an activating group) is 1. The first-order valence-electron chi connectivity index (χ1n) is 7.67. The third kappa shape index (κ3) is 4.87. The molecule has 1 N–H and O–H groups in total. The minimum Gasteiger partial charge on any atom is -0.316 e. The topological polar surface area (TPSA) is 18.5 Å². The second kappa shape index (κ2) is 8.13. The molecular formula is C15H33N3. The summed E-state index contributed by atoms with van der Waals surface area (Å²) >= 11 is 0. The summed E-state index contributed by atoms with van der Waals surface area (Å²) in [5.74, 6) is 0.735. The molecule has 0 spiro atoms. The molecule has 0 aromatic carbocycles. The summed E-state index contributed by atoms with van der Waals surface area (Å²) in [6.45, 7) is 11.8. The van der Waals surface area contributed by atoms with Gasteiger partial charge in [-0.25, -0.2) is 0 Å². The normalized spacial score (nSPS) is 24.7. The molecule has 1 aliphatic heterocycles. The van der Waals surface area contributed by atoms with E-state index >= 15 is 0 Å². The quantitative estimate of drug-likeness (QED) is 0.670. The number of rotatable bonds is 8. The predicted molar refractivity (Wildman–Crippen MR) is 80.1 cm³/mol. The lowest BCUT2D eigenvalue weighted by molar-refractivity contribution is 0.126. The summed E-state index contributed by atoms with van der Waals surface area (Å²) in [5.41, 5.74) is 0. The Bertz CT molecular complexity index is 218.